The third kappa shape index (κ3) is 3.84. The molecule has 34 heavy (non-hydrogen) atoms. The van der Waals surface area contributed by atoms with Crippen LogP contribution in [-0.2, 0) is 22.1 Å². The highest BCUT2D eigenvalue weighted by Gasteiger charge is 2.50. The predicted molar refractivity (Wildman–Crippen MR) is 129 cm³/mol. The Kier molecular flexibility index (Phi) is 5.40. The molecule has 0 spiro atoms. The van der Waals surface area contributed by atoms with E-state index >= 15 is 0 Å². The number of sulfonamides is 1. The molecule has 1 aliphatic heterocycles. The Bertz CT molecular complexity index is 1520. The van der Waals surface area contributed by atoms with E-state index in [0.717, 1.165) is 39.4 Å². The lowest BCUT2D eigenvalue weighted by Crippen LogP contribution is -2.64. The van der Waals surface area contributed by atoms with Crippen LogP contribution in [0.1, 0.15) is 12.0 Å². The molecule has 10 heteroatoms. The third-order valence-electron chi connectivity index (χ3n) is 6.25. The van der Waals surface area contributed by atoms with E-state index in [-0.39, 0.29) is 19.5 Å². The Balaban J connectivity index is 1.58. The quantitative estimate of drug-likeness (QED) is 0.455. The lowest BCUT2D eigenvalue weighted by molar-refractivity contribution is 0.0579. The van der Waals surface area contributed by atoms with E-state index in [2.05, 4.69) is 22.2 Å². The van der Waals surface area contributed by atoms with E-state index in [9.17, 15) is 13.7 Å². The largest absolute Gasteiger partial charge is 0.326 e. The minimum atomic E-state index is -3.34. The molecule has 0 atom stereocenters. The molecule has 3 heterocycles. The number of aromatic nitrogens is 4. The zero-order chi connectivity index (χ0) is 23.9. The first-order chi connectivity index (χ1) is 16.3. The van der Waals surface area contributed by atoms with E-state index in [4.69, 9.17) is 10.8 Å². The monoisotopic (exact) mass is 473 g/mol. The standard InChI is InChI=1S/C24H23N7O2S/c1-34(32,33)30-15-24(16-30,8-9-25)31-28-14-23(29-31)21-11-19(12-22-20(21)3-2-10-27-22)18-6-4-17(13-26)5-7-18/h2-7,10-12,14H,8,13,15-16,26H2,1H3. The second kappa shape index (κ2) is 8.29. The van der Waals surface area contributed by atoms with Crippen molar-refractivity contribution in [3.63, 3.8) is 0 Å². The molecule has 9 nitrogen and oxygen atoms in total. The van der Waals surface area contributed by atoms with Crippen LogP contribution in [0.2, 0.25) is 0 Å². The van der Waals surface area contributed by atoms with Gasteiger partial charge in [-0.25, -0.2) is 8.42 Å². The summed E-state index contributed by atoms with van der Waals surface area (Å²) in [6.45, 7) is 0.821. The minimum absolute atomic E-state index is 0.114. The van der Waals surface area contributed by atoms with E-state index in [1.165, 1.54) is 9.10 Å². The van der Waals surface area contributed by atoms with Gasteiger partial charge in [0, 0.05) is 36.8 Å². The van der Waals surface area contributed by atoms with E-state index < -0.39 is 15.6 Å². The van der Waals surface area contributed by atoms with Crippen LogP contribution in [0.4, 0.5) is 0 Å². The Morgan fingerprint density at radius 1 is 1.15 bits per heavy atom. The summed E-state index contributed by atoms with van der Waals surface area (Å²) >= 11 is 0. The Hall–Kier alpha value is -3.65. The highest BCUT2D eigenvalue weighted by molar-refractivity contribution is 7.88. The second-order valence-corrected chi connectivity index (χ2v) is 10.6. The summed E-state index contributed by atoms with van der Waals surface area (Å²) in [5.74, 6) is 0. The van der Waals surface area contributed by atoms with Crippen molar-refractivity contribution in [1.29, 1.82) is 5.26 Å². The van der Waals surface area contributed by atoms with Gasteiger partial charge in [0.25, 0.3) is 0 Å². The van der Waals surface area contributed by atoms with Crippen molar-refractivity contribution in [1.82, 2.24) is 24.3 Å². The highest BCUT2D eigenvalue weighted by atomic mass is 32.2. The fraction of sp³-hybridized carbons (Fsp3) is 0.250. The molecule has 0 radical (unpaired) electrons. The number of nitrogens with zero attached hydrogens (tertiary/aromatic N) is 6. The molecule has 0 amide bonds. The molecule has 1 aliphatic rings. The van der Waals surface area contributed by atoms with Crippen LogP contribution in [-0.4, -0.2) is 52.0 Å². The molecule has 2 aromatic heterocycles. The maximum atomic E-state index is 11.9. The number of hydrogen-bond donors (Lipinski definition) is 1. The van der Waals surface area contributed by atoms with E-state index in [1.54, 1.807) is 12.4 Å². The fourth-order valence-electron chi connectivity index (χ4n) is 4.31. The summed E-state index contributed by atoms with van der Waals surface area (Å²) < 4.78 is 25.1. The summed E-state index contributed by atoms with van der Waals surface area (Å²) in [7, 11) is -3.34. The molecule has 0 bridgehead atoms. The van der Waals surface area contributed by atoms with Crippen LogP contribution in [0, 0.1) is 11.3 Å². The molecule has 5 rings (SSSR count). The average molecular weight is 474 g/mol. The van der Waals surface area contributed by atoms with Crippen LogP contribution in [0.15, 0.2) is 60.9 Å². The number of fused-ring (bicyclic) bond motifs is 1. The summed E-state index contributed by atoms with van der Waals surface area (Å²) in [6.07, 6.45) is 4.69. The smallest absolute Gasteiger partial charge is 0.211 e. The first-order valence-corrected chi connectivity index (χ1v) is 12.6. The molecule has 0 aliphatic carbocycles. The van der Waals surface area contributed by atoms with Crippen LogP contribution >= 0.6 is 0 Å². The molecular weight excluding hydrogens is 450 g/mol. The maximum absolute atomic E-state index is 11.9. The van der Waals surface area contributed by atoms with Crippen molar-refractivity contribution in [2.75, 3.05) is 19.3 Å². The van der Waals surface area contributed by atoms with Gasteiger partial charge in [-0.15, -0.1) is 0 Å². The summed E-state index contributed by atoms with van der Waals surface area (Å²) in [4.78, 5) is 6.04. The summed E-state index contributed by atoms with van der Waals surface area (Å²) in [5, 5.41) is 19.5. The van der Waals surface area contributed by atoms with Crippen LogP contribution in [0.5, 0.6) is 0 Å². The van der Waals surface area contributed by atoms with Gasteiger partial charge in [-0.05, 0) is 34.9 Å². The SMILES string of the molecule is CS(=O)(=O)N1CC(CC#N)(n2ncc(-c3cc(-c4ccc(CN)cc4)cc4ncccc34)n2)C1. The zero-order valence-corrected chi connectivity index (χ0v) is 19.4. The summed E-state index contributed by atoms with van der Waals surface area (Å²) in [5.41, 5.74) is 10.3. The fourth-order valence-corrected chi connectivity index (χ4v) is 5.26. The van der Waals surface area contributed by atoms with Gasteiger partial charge in [0.1, 0.15) is 11.2 Å². The van der Waals surface area contributed by atoms with Gasteiger partial charge in [-0.1, -0.05) is 30.3 Å². The first-order valence-electron chi connectivity index (χ1n) is 10.8. The van der Waals surface area contributed by atoms with Gasteiger partial charge in [0.05, 0.1) is 30.5 Å². The molecule has 1 fully saturated rings. The van der Waals surface area contributed by atoms with Crippen molar-refractivity contribution in [2.45, 2.75) is 18.5 Å². The predicted octanol–water partition coefficient (Wildman–Crippen LogP) is 2.50. The average Bonchev–Trinajstić information content (AvgIpc) is 3.30. The molecule has 172 valence electrons. The summed E-state index contributed by atoms with van der Waals surface area (Å²) in [6, 6.07) is 18.2. The van der Waals surface area contributed by atoms with Gasteiger partial charge < -0.3 is 5.73 Å². The van der Waals surface area contributed by atoms with Crippen LogP contribution in [0.25, 0.3) is 33.3 Å². The number of hydrogen-bond acceptors (Lipinski definition) is 7. The topological polar surface area (TPSA) is 131 Å². The van der Waals surface area contributed by atoms with Crippen molar-refractivity contribution in [2.24, 2.45) is 5.73 Å². The van der Waals surface area contributed by atoms with Gasteiger partial charge in [-0.2, -0.15) is 24.6 Å². The minimum Gasteiger partial charge on any atom is -0.326 e. The van der Waals surface area contributed by atoms with E-state index in [0.29, 0.717) is 12.2 Å². The molecule has 2 N–H and O–H groups in total. The van der Waals surface area contributed by atoms with Gasteiger partial charge >= 0.3 is 0 Å². The van der Waals surface area contributed by atoms with Gasteiger partial charge in [0.2, 0.25) is 10.0 Å². The number of benzene rings is 2. The number of nitriles is 1. The van der Waals surface area contributed by atoms with Crippen molar-refractivity contribution in [3.8, 4) is 28.5 Å². The maximum Gasteiger partial charge on any atom is 0.211 e. The van der Waals surface area contributed by atoms with Crippen molar-refractivity contribution < 1.29 is 8.42 Å². The molecule has 2 aromatic carbocycles. The van der Waals surface area contributed by atoms with Gasteiger partial charge in [0.15, 0.2) is 0 Å². The number of pyridine rings is 1. The number of rotatable bonds is 6. The molecule has 0 unspecified atom stereocenters. The van der Waals surface area contributed by atoms with E-state index in [1.807, 2.05) is 42.5 Å². The molecule has 1 saturated heterocycles. The van der Waals surface area contributed by atoms with Crippen molar-refractivity contribution in [3.05, 3.63) is 66.5 Å². The second-order valence-electron chi connectivity index (χ2n) is 8.60. The Morgan fingerprint density at radius 3 is 2.59 bits per heavy atom. The normalized spacial score (nSPS) is 15.7. The lowest BCUT2D eigenvalue weighted by Gasteiger charge is -2.46. The van der Waals surface area contributed by atoms with Crippen molar-refractivity contribution >= 4 is 20.9 Å². The zero-order valence-electron chi connectivity index (χ0n) is 18.6. The highest BCUT2D eigenvalue weighted by Crippen LogP contribution is 2.36. The first kappa shape index (κ1) is 22.2. The van der Waals surface area contributed by atoms with Crippen LogP contribution < -0.4 is 5.73 Å². The van der Waals surface area contributed by atoms with Crippen LogP contribution in [0.3, 0.4) is 0 Å². The number of nitrogens with two attached hydrogens (primary N) is 1. The molecule has 4 aromatic rings. The lowest BCUT2D eigenvalue weighted by atomic mass is 9.90. The molecular formula is C24H23N7O2S. The molecule has 0 saturated carbocycles. The van der Waals surface area contributed by atoms with Gasteiger partial charge in [-0.3, -0.25) is 4.98 Å². The Morgan fingerprint density at radius 2 is 1.91 bits per heavy atom. The Labute approximate surface area is 197 Å². The third-order valence-corrected chi connectivity index (χ3v) is 7.45.